The summed E-state index contributed by atoms with van der Waals surface area (Å²) in [6.45, 7) is 5.29. The molecule has 4 heteroatoms. The molecule has 0 bridgehead atoms. The predicted molar refractivity (Wildman–Crippen MR) is 85.3 cm³/mol. The van der Waals surface area contributed by atoms with Gasteiger partial charge in [-0.1, -0.05) is 61.5 Å². The van der Waals surface area contributed by atoms with E-state index in [-0.39, 0.29) is 4.90 Å². The fourth-order valence-corrected chi connectivity index (χ4v) is 3.29. The number of hydrogen-bond acceptors (Lipinski definition) is 2. The molecule has 0 saturated heterocycles. The zero-order valence-corrected chi connectivity index (χ0v) is 12.7. The second-order valence-corrected chi connectivity index (χ2v) is 6.44. The van der Waals surface area contributed by atoms with E-state index in [0.717, 1.165) is 5.56 Å². The zero-order valence-electron chi connectivity index (χ0n) is 12.9. The number of sulfonamides is 1. The molecule has 0 fully saturated rings. The van der Waals surface area contributed by atoms with E-state index in [4.69, 9.17) is 1.37 Å². The van der Waals surface area contributed by atoms with Crippen LogP contribution in [0.15, 0.2) is 78.2 Å². The molecule has 0 amide bonds. The van der Waals surface area contributed by atoms with E-state index in [0.29, 0.717) is 0 Å². The molecule has 1 N–H and O–H groups in total. The lowest BCUT2D eigenvalue weighted by molar-refractivity contribution is 0.498. The van der Waals surface area contributed by atoms with Crippen LogP contribution >= 0.6 is 0 Å². The van der Waals surface area contributed by atoms with Gasteiger partial charge in [0.2, 0.25) is 10.0 Å². The van der Waals surface area contributed by atoms with E-state index in [9.17, 15) is 8.42 Å². The van der Waals surface area contributed by atoms with Crippen molar-refractivity contribution in [1.82, 2.24) is 4.72 Å². The molecule has 2 unspecified atom stereocenters. The molecule has 2 aromatic rings. The molecule has 0 aliphatic rings. The highest BCUT2D eigenvalue weighted by Gasteiger charge is 2.24. The van der Waals surface area contributed by atoms with Crippen LogP contribution in [0.5, 0.6) is 0 Å². The van der Waals surface area contributed by atoms with Gasteiger partial charge in [-0.2, -0.15) is 0 Å². The zero-order chi connectivity index (χ0) is 16.2. The van der Waals surface area contributed by atoms with Gasteiger partial charge in [0.1, 0.15) is 0 Å². The lowest BCUT2D eigenvalue weighted by atomic mass is 9.96. The van der Waals surface area contributed by atoms with Crippen molar-refractivity contribution in [2.45, 2.75) is 17.9 Å². The highest BCUT2D eigenvalue weighted by atomic mass is 32.2. The van der Waals surface area contributed by atoms with Crippen LogP contribution in [0, 0.1) is 5.89 Å². The normalized spacial score (nSPS) is 16.5. The van der Waals surface area contributed by atoms with Crippen molar-refractivity contribution in [2.24, 2.45) is 5.89 Å². The van der Waals surface area contributed by atoms with Gasteiger partial charge in [0.15, 0.2) is 0 Å². The average molecular weight is 302 g/mol. The van der Waals surface area contributed by atoms with Crippen LogP contribution in [-0.2, 0) is 10.0 Å². The van der Waals surface area contributed by atoms with Gasteiger partial charge in [-0.05, 0) is 23.6 Å². The molecule has 2 rings (SSSR count). The van der Waals surface area contributed by atoms with Crippen LogP contribution in [0.25, 0.3) is 0 Å². The van der Waals surface area contributed by atoms with Crippen LogP contribution < -0.4 is 4.72 Å². The Kier molecular flexibility index (Phi) is 4.48. The monoisotopic (exact) mass is 302 g/mol. The summed E-state index contributed by atoms with van der Waals surface area (Å²) in [5, 5.41) is 0. The molecule has 0 heterocycles. The molecule has 0 aliphatic heterocycles. The van der Waals surface area contributed by atoms with E-state index in [1.165, 1.54) is 18.2 Å². The standard InChI is InChI=1S/C17H19NO2S/c1-3-14(2)17(15-10-6-4-7-11-15)18-21(19,20)16-12-8-5-9-13-16/h3-14,17-18H,1H2,2H3/i14D. The Morgan fingerprint density at radius 2 is 1.62 bits per heavy atom. The Labute approximate surface area is 127 Å². The van der Waals surface area contributed by atoms with Gasteiger partial charge >= 0.3 is 0 Å². The fraction of sp³-hybridized carbons (Fsp3) is 0.176. The summed E-state index contributed by atoms with van der Waals surface area (Å²) in [5.41, 5.74) is 0.722. The molecule has 0 aromatic heterocycles. The van der Waals surface area contributed by atoms with E-state index in [2.05, 4.69) is 11.3 Å². The van der Waals surface area contributed by atoms with Gasteiger partial charge in [-0.3, -0.25) is 0 Å². The number of benzene rings is 2. The summed E-state index contributed by atoms with van der Waals surface area (Å²) in [7, 11) is -3.72. The summed E-state index contributed by atoms with van der Waals surface area (Å²) in [6.07, 6.45) is 1.44. The van der Waals surface area contributed by atoms with Crippen molar-refractivity contribution in [3.8, 4) is 0 Å². The Bertz CT molecular complexity index is 728. The summed E-state index contributed by atoms with van der Waals surface area (Å²) in [4.78, 5) is 0.177. The van der Waals surface area contributed by atoms with Gasteiger partial charge in [0.05, 0.1) is 10.9 Å². The molecular formula is C17H19NO2S. The minimum absolute atomic E-state index is 0.177. The summed E-state index contributed by atoms with van der Waals surface area (Å²) in [6, 6.07) is 16.5. The van der Waals surface area contributed by atoms with Crippen LogP contribution in [0.2, 0.25) is 0 Å². The van der Waals surface area contributed by atoms with Crippen LogP contribution in [0.4, 0.5) is 0 Å². The maximum Gasteiger partial charge on any atom is 0.241 e. The molecule has 0 spiro atoms. The molecule has 0 aliphatic carbocycles. The third-order valence-corrected chi connectivity index (χ3v) is 4.68. The highest BCUT2D eigenvalue weighted by Crippen LogP contribution is 2.25. The third kappa shape index (κ3) is 3.80. The van der Waals surface area contributed by atoms with Crippen LogP contribution in [-0.4, -0.2) is 8.42 Å². The number of nitrogens with one attached hydrogen (secondary N) is 1. The van der Waals surface area contributed by atoms with Gasteiger partial charge in [-0.25, -0.2) is 13.1 Å². The highest BCUT2D eigenvalue weighted by molar-refractivity contribution is 7.89. The maximum atomic E-state index is 12.5. The average Bonchev–Trinajstić information content (AvgIpc) is 2.54. The predicted octanol–water partition coefficient (Wildman–Crippen LogP) is 3.53. The van der Waals surface area contributed by atoms with Crippen LogP contribution in [0.3, 0.4) is 0 Å². The largest absolute Gasteiger partial charge is 0.241 e. The molecular weight excluding hydrogens is 282 g/mol. The molecule has 21 heavy (non-hydrogen) atoms. The van der Waals surface area contributed by atoms with Crippen molar-refractivity contribution < 1.29 is 9.79 Å². The van der Waals surface area contributed by atoms with Crippen molar-refractivity contribution >= 4 is 10.0 Å². The first-order chi connectivity index (χ1) is 10.4. The molecule has 2 atom stereocenters. The van der Waals surface area contributed by atoms with Gasteiger partial charge in [0.25, 0.3) is 0 Å². The topological polar surface area (TPSA) is 46.2 Å². The lowest BCUT2D eigenvalue weighted by Crippen LogP contribution is -2.32. The summed E-state index contributed by atoms with van der Waals surface area (Å²) >= 11 is 0. The number of hydrogen-bond donors (Lipinski definition) is 1. The Morgan fingerprint density at radius 1 is 1.10 bits per heavy atom. The maximum absolute atomic E-state index is 12.5. The Balaban J connectivity index is 2.42. The van der Waals surface area contributed by atoms with E-state index in [1.807, 2.05) is 18.2 Å². The molecule has 2 aromatic carbocycles. The first kappa shape index (κ1) is 14.0. The summed E-state index contributed by atoms with van der Waals surface area (Å²) in [5.74, 6) is -1.18. The molecule has 0 radical (unpaired) electrons. The van der Waals surface area contributed by atoms with Crippen molar-refractivity contribution in [2.75, 3.05) is 0 Å². The van der Waals surface area contributed by atoms with Crippen molar-refractivity contribution in [3.05, 3.63) is 78.9 Å². The van der Waals surface area contributed by atoms with E-state index >= 15 is 0 Å². The second kappa shape index (κ2) is 6.70. The van der Waals surface area contributed by atoms with E-state index < -0.39 is 22.0 Å². The number of rotatable bonds is 6. The Morgan fingerprint density at radius 3 is 2.14 bits per heavy atom. The smallest absolute Gasteiger partial charge is 0.207 e. The van der Waals surface area contributed by atoms with Crippen molar-refractivity contribution in [3.63, 3.8) is 0 Å². The van der Waals surface area contributed by atoms with Gasteiger partial charge in [0, 0.05) is 1.37 Å². The quantitative estimate of drug-likeness (QED) is 0.830. The second-order valence-electron chi connectivity index (χ2n) is 4.73. The molecule has 110 valence electrons. The molecule has 3 nitrogen and oxygen atoms in total. The molecule has 0 saturated carbocycles. The summed E-state index contributed by atoms with van der Waals surface area (Å²) < 4.78 is 36.1. The fourth-order valence-electron chi connectivity index (χ4n) is 2.01. The Hall–Kier alpha value is -1.91. The van der Waals surface area contributed by atoms with Crippen LogP contribution in [0.1, 0.15) is 19.9 Å². The van der Waals surface area contributed by atoms with Gasteiger partial charge in [-0.15, -0.1) is 6.58 Å². The lowest BCUT2D eigenvalue weighted by Gasteiger charge is -2.23. The third-order valence-electron chi connectivity index (χ3n) is 3.24. The first-order valence-corrected chi connectivity index (χ1v) is 8.11. The first-order valence-electron chi connectivity index (χ1n) is 7.13. The van der Waals surface area contributed by atoms with E-state index in [1.54, 1.807) is 37.3 Å². The minimum atomic E-state index is -3.72. The van der Waals surface area contributed by atoms with Crippen molar-refractivity contribution in [1.29, 1.82) is 0 Å². The minimum Gasteiger partial charge on any atom is -0.207 e. The van der Waals surface area contributed by atoms with Gasteiger partial charge < -0.3 is 0 Å². The SMILES string of the molecule is [2H]C(C)(C=C)C(NS(=O)(=O)c1ccccc1)c1ccccc1.